The molecule has 2 aromatic rings. The Hall–Kier alpha value is -1.33. The van der Waals surface area contributed by atoms with Crippen molar-refractivity contribution >= 4 is 15.9 Å². The Morgan fingerprint density at radius 1 is 1.00 bits per heavy atom. The number of benzene rings is 2. The summed E-state index contributed by atoms with van der Waals surface area (Å²) >= 11 is 2.98. The Labute approximate surface area is 111 Å². The first-order valence-electron chi connectivity index (χ1n) is 5.14. The van der Waals surface area contributed by atoms with Gasteiger partial charge in [-0.05, 0) is 29.8 Å². The summed E-state index contributed by atoms with van der Waals surface area (Å²) in [5.74, 6) is -2.03. The third-order valence-corrected chi connectivity index (χ3v) is 3.02. The summed E-state index contributed by atoms with van der Waals surface area (Å²) in [6.07, 6.45) is 0. The first kappa shape index (κ1) is 13.1. The van der Waals surface area contributed by atoms with Gasteiger partial charge in [-0.25, -0.2) is 13.2 Å². The molecule has 2 rings (SSSR count). The SMILES string of the molecule is NC(c1cccc(F)c1)c1c(F)cc(Br)cc1F. The number of hydrogen-bond donors (Lipinski definition) is 1. The van der Waals surface area contributed by atoms with E-state index in [0.29, 0.717) is 5.56 Å². The van der Waals surface area contributed by atoms with Gasteiger partial charge in [-0.1, -0.05) is 28.1 Å². The van der Waals surface area contributed by atoms with E-state index in [1.807, 2.05) is 0 Å². The van der Waals surface area contributed by atoms with Crippen LogP contribution in [0.25, 0.3) is 0 Å². The molecule has 0 amide bonds. The highest BCUT2D eigenvalue weighted by molar-refractivity contribution is 9.10. The van der Waals surface area contributed by atoms with Gasteiger partial charge in [-0.3, -0.25) is 0 Å². The minimum Gasteiger partial charge on any atom is -0.320 e. The van der Waals surface area contributed by atoms with Crippen molar-refractivity contribution in [1.29, 1.82) is 0 Å². The summed E-state index contributed by atoms with van der Waals surface area (Å²) in [6.45, 7) is 0. The van der Waals surface area contributed by atoms with Crippen LogP contribution in [0.3, 0.4) is 0 Å². The molecule has 0 aromatic heterocycles. The molecule has 0 aliphatic heterocycles. The molecule has 0 saturated carbocycles. The van der Waals surface area contributed by atoms with E-state index >= 15 is 0 Å². The lowest BCUT2D eigenvalue weighted by Gasteiger charge is -2.14. The van der Waals surface area contributed by atoms with Crippen LogP contribution in [0.2, 0.25) is 0 Å². The second-order valence-electron chi connectivity index (χ2n) is 3.82. The van der Waals surface area contributed by atoms with Gasteiger partial charge in [0, 0.05) is 10.0 Å². The average molecular weight is 316 g/mol. The van der Waals surface area contributed by atoms with Gasteiger partial charge in [-0.15, -0.1) is 0 Å². The maximum atomic E-state index is 13.7. The average Bonchev–Trinajstić information content (AvgIpc) is 2.27. The van der Waals surface area contributed by atoms with Crippen molar-refractivity contribution in [2.45, 2.75) is 6.04 Å². The molecule has 1 nitrogen and oxygen atoms in total. The molecular formula is C13H9BrF3N. The van der Waals surface area contributed by atoms with Gasteiger partial charge in [0.15, 0.2) is 0 Å². The molecule has 1 atom stereocenters. The molecule has 0 aliphatic rings. The van der Waals surface area contributed by atoms with E-state index in [4.69, 9.17) is 5.73 Å². The third kappa shape index (κ3) is 2.57. The van der Waals surface area contributed by atoms with Crippen LogP contribution in [0, 0.1) is 17.5 Å². The van der Waals surface area contributed by atoms with Crippen LogP contribution in [0.1, 0.15) is 17.2 Å². The summed E-state index contributed by atoms with van der Waals surface area (Å²) in [7, 11) is 0. The number of halogens is 4. The van der Waals surface area contributed by atoms with Crippen LogP contribution in [-0.2, 0) is 0 Å². The van der Waals surface area contributed by atoms with E-state index in [1.54, 1.807) is 0 Å². The van der Waals surface area contributed by atoms with Gasteiger partial charge < -0.3 is 5.73 Å². The first-order valence-corrected chi connectivity index (χ1v) is 5.94. The standard InChI is InChI=1S/C13H9BrF3N/c14-8-5-10(16)12(11(17)6-8)13(18)7-2-1-3-9(15)4-7/h1-6,13H,18H2. The van der Waals surface area contributed by atoms with E-state index in [1.165, 1.54) is 18.2 Å². The van der Waals surface area contributed by atoms with Crippen LogP contribution < -0.4 is 5.73 Å². The van der Waals surface area contributed by atoms with Gasteiger partial charge >= 0.3 is 0 Å². The molecule has 2 aromatic carbocycles. The Morgan fingerprint density at radius 2 is 1.61 bits per heavy atom. The van der Waals surface area contributed by atoms with Crippen molar-refractivity contribution in [1.82, 2.24) is 0 Å². The lowest BCUT2D eigenvalue weighted by Crippen LogP contribution is -2.16. The van der Waals surface area contributed by atoms with Gasteiger partial charge in [-0.2, -0.15) is 0 Å². The molecule has 0 radical (unpaired) electrons. The summed E-state index contributed by atoms with van der Waals surface area (Å²) < 4.78 is 40.8. The monoisotopic (exact) mass is 315 g/mol. The Balaban J connectivity index is 2.49. The molecule has 0 saturated heterocycles. The molecule has 94 valence electrons. The maximum Gasteiger partial charge on any atom is 0.132 e. The lowest BCUT2D eigenvalue weighted by molar-refractivity contribution is 0.540. The van der Waals surface area contributed by atoms with E-state index in [-0.39, 0.29) is 10.0 Å². The molecule has 0 spiro atoms. The molecule has 0 aliphatic carbocycles. The quantitative estimate of drug-likeness (QED) is 0.893. The fourth-order valence-electron chi connectivity index (χ4n) is 1.72. The number of nitrogens with two attached hydrogens (primary N) is 1. The minimum atomic E-state index is -1.05. The Bertz CT molecular complexity index is 563. The zero-order valence-corrected chi connectivity index (χ0v) is 10.7. The zero-order chi connectivity index (χ0) is 13.3. The maximum absolute atomic E-state index is 13.7. The van der Waals surface area contributed by atoms with Crippen LogP contribution in [-0.4, -0.2) is 0 Å². The summed E-state index contributed by atoms with van der Waals surface area (Å²) in [5, 5.41) is 0. The second-order valence-corrected chi connectivity index (χ2v) is 4.73. The van der Waals surface area contributed by atoms with Gasteiger partial charge in [0.05, 0.1) is 6.04 Å². The van der Waals surface area contributed by atoms with Crippen molar-refractivity contribution in [2.75, 3.05) is 0 Å². The molecule has 18 heavy (non-hydrogen) atoms. The normalized spacial score (nSPS) is 12.5. The van der Waals surface area contributed by atoms with Crippen molar-refractivity contribution < 1.29 is 13.2 Å². The van der Waals surface area contributed by atoms with E-state index < -0.39 is 23.5 Å². The predicted molar refractivity (Wildman–Crippen MR) is 66.5 cm³/mol. The summed E-state index contributed by atoms with van der Waals surface area (Å²) in [4.78, 5) is 0. The fourth-order valence-corrected chi connectivity index (χ4v) is 2.12. The van der Waals surface area contributed by atoms with Crippen LogP contribution in [0.4, 0.5) is 13.2 Å². The molecule has 0 bridgehead atoms. The van der Waals surface area contributed by atoms with Crippen molar-refractivity contribution in [3.05, 3.63) is 69.4 Å². The molecule has 1 unspecified atom stereocenters. The first-order chi connectivity index (χ1) is 8.49. The van der Waals surface area contributed by atoms with Gasteiger partial charge in [0.1, 0.15) is 17.5 Å². The lowest BCUT2D eigenvalue weighted by atomic mass is 9.98. The van der Waals surface area contributed by atoms with Gasteiger partial charge in [0.25, 0.3) is 0 Å². The minimum absolute atomic E-state index is 0.274. The van der Waals surface area contributed by atoms with Crippen molar-refractivity contribution in [2.24, 2.45) is 5.73 Å². The molecule has 0 heterocycles. The van der Waals surface area contributed by atoms with E-state index in [2.05, 4.69) is 15.9 Å². The molecule has 5 heteroatoms. The summed E-state index contributed by atoms with van der Waals surface area (Å²) in [6, 6.07) is 6.56. The molecule has 0 fully saturated rings. The predicted octanol–water partition coefficient (Wildman–Crippen LogP) is 3.91. The number of hydrogen-bond acceptors (Lipinski definition) is 1. The molecular weight excluding hydrogens is 307 g/mol. The Morgan fingerprint density at radius 3 is 2.17 bits per heavy atom. The summed E-state index contributed by atoms with van der Waals surface area (Å²) in [5.41, 5.74) is 5.82. The largest absolute Gasteiger partial charge is 0.320 e. The fraction of sp³-hybridized carbons (Fsp3) is 0.0769. The third-order valence-electron chi connectivity index (χ3n) is 2.56. The van der Waals surface area contributed by atoms with Gasteiger partial charge in [0.2, 0.25) is 0 Å². The Kier molecular flexibility index (Phi) is 3.73. The van der Waals surface area contributed by atoms with E-state index in [0.717, 1.165) is 18.2 Å². The van der Waals surface area contributed by atoms with Crippen LogP contribution in [0.5, 0.6) is 0 Å². The van der Waals surface area contributed by atoms with Crippen molar-refractivity contribution in [3.8, 4) is 0 Å². The van der Waals surface area contributed by atoms with Crippen molar-refractivity contribution in [3.63, 3.8) is 0 Å². The molecule has 2 N–H and O–H groups in total. The van der Waals surface area contributed by atoms with Crippen LogP contribution in [0.15, 0.2) is 40.9 Å². The highest BCUT2D eigenvalue weighted by Gasteiger charge is 2.19. The second kappa shape index (κ2) is 5.12. The number of rotatable bonds is 2. The smallest absolute Gasteiger partial charge is 0.132 e. The van der Waals surface area contributed by atoms with E-state index in [9.17, 15) is 13.2 Å². The topological polar surface area (TPSA) is 26.0 Å². The highest BCUT2D eigenvalue weighted by atomic mass is 79.9. The van der Waals surface area contributed by atoms with Crippen LogP contribution >= 0.6 is 15.9 Å². The highest BCUT2D eigenvalue weighted by Crippen LogP contribution is 2.27. The zero-order valence-electron chi connectivity index (χ0n) is 9.13.